The first kappa shape index (κ1) is 17.4. The monoisotopic (exact) mass is 378 g/mol. The summed E-state index contributed by atoms with van der Waals surface area (Å²) >= 11 is 0. The predicted octanol–water partition coefficient (Wildman–Crippen LogP) is 2.23. The minimum Gasteiger partial charge on any atom is -0.487 e. The van der Waals surface area contributed by atoms with E-state index in [4.69, 9.17) is 9.47 Å². The lowest BCUT2D eigenvalue weighted by atomic mass is 9.99. The summed E-state index contributed by atoms with van der Waals surface area (Å²) in [5.41, 5.74) is 5.62. The highest BCUT2D eigenvalue weighted by atomic mass is 16.5. The molecule has 3 heterocycles. The SMILES string of the molecule is O=C1Nc2ccccc2C1=C1OCc2cc(CN3CCOC(CO)C3)ccc21. The molecule has 1 fully saturated rings. The lowest BCUT2D eigenvalue weighted by Gasteiger charge is -2.32. The summed E-state index contributed by atoms with van der Waals surface area (Å²) in [5, 5.41) is 12.2. The van der Waals surface area contributed by atoms with Crippen molar-refractivity contribution in [2.24, 2.45) is 0 Å². The fourth-order valence-corrected chi connectivity index (χ4v) is 4.16. The standard InChI is InChI=1S/C22H22N2O4/c25-12-16-11-24(7-8-27-16)10-14-5-6-17-15(9-14)13-28-21(17)20-18-3-1-2-4-19(18)23-22(20)26/h1-6,9,16,25H,7-8,10-13H2,(H,23,26). The number of hydrogen-bond donors (Lipinski definition) is 2. The molecule has 0 radical (unpaired) electrons. The molecule has 6 nitrogen and oxygen atoms in total. The van der Waals surface area contributed by atoms with Gasteiger partial charge in [-0.05, 0) is 11.6 Å². The molecule has 1 saturated heterocycles. The molecule has 0 bridgehead atoms. The van der Waals surface area contributed by atoms with E-state index in [-0.39, 0.29) is 18.6 Å². The van der Waals surface area contributed by atoms with Crippen molar-refractivity contribution in [3.63, 3.8) is 0 Å². The van der Waals surface area contributed by atoms with Gasteiger partial charge in [0.1, 0.15) is 12.4 Å². The summed E-state index contributed by atoms with van der Waals surface area (Å²) in [7, 11) is 0. The number of benzene rings is 2. The summed E-state index contributed by atoms with van der Waals surface area (Å²) in [5.74, 6) is 0.548. The molecule has 5 rings (SSSR count). The van der Waals surface area contributed by atoms with Gasteiger partial charge in [0, 0.05) is 42.0 Å². The molecule has 2 aromatic carbocycles. The molecular formula is C22H22N2O4. The van der Waals surface area contributed by atoms with Crippen molar-refractivity contribution in [1.82, 2.24) is 4.90 Å². The summed E-state index contributed by atoms with van der Waals surface area (Å²) in [6, 6.07) is 14.0. The van der Waals surface area contributed by atoms with Crippen molar-refractivity contribution in [1.29, 1.82) is 0 Å². The molecule has 6 heteroatoms. The molecule has 2 aromatic rings. The lowest BCUT2D eigenvalue weighted by Crippen LogP contribution is -2.43. The summed E-state index contributed by atoms with van der Waals surface area (Å²) < 4.78 is 11.5. The third kappa shape index (κ3) is 2.99. The number of anilines is 1. The van der Waals surface area contributed by atoms with Crippen LogP contribution in [0.3, 0.4) is 0 Å². The van der Waals surface area contributed by atoms with Crippen molar-refractivity contribution in [2.45, 2.75) is 19.3 Å². The molecule has 2 N–H and O–H groups in total. The Morgan fingerprint density at radius 3 is 2.96 bits per heavy atom. The quantitative estimate of drug-likeness (QED) is 0.802. The average Bonchev–Trinajstić information content (AvgIpc) is 3.27. The number of carbonyl (C=O) groups is 1. The molecule has 1 atom stereocenters. The first-order chi connectivity index (χ1) is 13.7. The number of morpholine rings is 1. The first-order valence-electron chi connectivity index (χ1n) is 9.58. The van der Waals surface area contributed by atoms with Crippen molar-refractivity contribution < 1.29 is 19.4 Å². The molecule has 0 aromatic heterocycles. The number of hydrogen-bond acceptors (Lipinski definition) is 5. The van der Waals surface area contributed by atoms with Gasteiger partial charge in [0.2, 0.25) is 0 Å². The number of nitrogens with one attached hydrogen (secondary N) is 1. The Kier molecular flexibility index (Phi) is 4.39. The second kappa shape index (κ2) is 7.05. The van der Waals surface area contributed by atoms with Gasteiger partial charge in [0.05, 0.1) is 24.9 Å². The van der Waals surface area contributed by atoms with Crippen LogP contribution >= 0.6 is 0 Å². The Balaban J connectivity index is 1.43. The summed E-state index contributed by atoms with van der Waals surface area (Å²) in [6.45, 7) is 3.56. The van der Waals surface area contributed by atoms with Crippen LogP contribution < -0.4 is 5.32 Å². The van der Waals surface area contributed by atoms with Gasteiger partial charge >= 0.3 is 0 Å². The molecule has 3 aliphatic rings. The second-order valence-electron chi connectivity index (χ2n) is 7.39. The van der Waals surface area contributed by atoms with Crippen LogP contribution in [0.15, 0.2) is 42.5 Å². The number of nitrogens with zero attached hydrogens (tertiary/aromatic N) is 1. The van der Waals surface area contributed by atoms with E-state index in [1.807, 2.05) is 24.3 Å². The van der Waals surface area contributed by atoms with E-state index >= 15 is 0 Å². The average molecular weight is 378 g/mol. The fraction of sp³-hybridized carbons (Fsp3) is 0.318. The van der Waals surface area contributed by atoms with Gasteiger partial charge in [-0.1, -0.05) is 36.4 Å². The van der Waals surface area contributed by atoms with Crippen LogP contribution in [-0.4, -0.2) is 48.3 Å². The van der Waals surface area contributed by atoms with Crippen LogP contribution in [-0.2, 0) is 27.4 Å². The number of fused-ring (bicyclic) bond motifs is 2. The Morgan fingerprint density at radius 1 is 1.18 bits per heavy atom. The molecule has 0 saturated carbocycles. The van der Waals surface area contributed by atoms with Crippen molar-refractivity contribution in [3.05, 3.63) is 64.7 Å². The van der Waals surface area contributed by atoms with Crippen LogP contribution in [0, 0.1) is 0 Å². The van der Waals surface area contributed by atoms with E-state index in [1.165, 1.54) is 5.56 Å². The van der Waals surface area contributed by atoms with E-state index in [9.17, 15) is 9.90 Å². The van der Waals surface area contributed by atoms with Crippen LogP contribution in [0.5, 0.6) is 0 Å². The molecule has 28 heavy (non-hydrogen) atoms. The molecule has 1 amide bonds. The van der Waals surface area contributed by atoms with Crippen LogP contribution in [0.1, 0.15) is 22.3 Å². The lowest BCUT2D eigenvalue weighted by molar-refractivity contribution is -0.110. The summed E-state index contributed by atoms with van der Waals surface area (Å²) in [4.78, 5) is 14.8. The highest BCUT2D eigenvalue weighted by Gasteiger charge is 2.32. The highest BCUT2D eigenvalue weighted by Crippen LogP contribution is 2.41. The number of aliphatic hydroxyl groups excluding tert-OH is 1. The van der Waals surface area contributed by atoms with Crippen molar-refractivity contribution in [2.75, 3.05) is 31.6 Å². The Bertz CT molecular complexity index is 969. The maximum Gasteiger partial charge on any atom is 0.260 e. The topological polar surface area (TPSA) is 71.0 Å². The smallest absolute Gasteiger partial charge is 0.260 e. The van der Waals surface area contributed by atoms with Gasteiger partial charge in [0.15, 0.2) is 0 Å². The van der Waals surface area contributed by atoms with E-state index in [1.54, 1.807) is 0 Å². The van der Waals surface area contributed by atoms with Crippen LogP contribution in [0.4, 0.5) is 5.69 Å². The number of rotatable bonds is 3. The normalized spacial score (nSPS) is 23.9. The number of amides is 1. The Hall–Kier alpha value is -2.67. The second-order valence-corrected chi connectivity index (χ2v) is 7.39. The maximum atomic E-state index is 12.5. The van der Waals surface area contributed by atoms with Crippen LogP contribution in [0.2, 0.25) is 0 Å². The highest BCUT2D eigenvalue weighted by molar-refractivity contribution is 6.36. The molecular weight excluding hydrogens is 356 g/mol. The van der Waals surface area contributed by atoms with Gasteiger partial charge in [0.25, 0.3) is 5.91 Å². The zero-order valence-electron chi connectivity index (χ0n) is 15.5. The third-order valence-corrected chi connectivity index (χ3v) is 5.52. The Morgan fingerprint density at radius 2 is 2.07 bits per heavy atom. The predicted molar refractivity (Wildman–Crippen MR) is 105 cm³/mol. The maximum absolute atomic E-state index is 12.5. The van der Waals surface area contributed by atoms with Gasteiger partial charge < -0.3 is 19.9 Å². The van der Waals surface area contributed by atoms with E-state index in [0.29, 0.717) is 24.5 Å². The zero-order valence-corrected chi connectivity index (χ0v) is 15.5. The summed E-state index contributed by atoms with van der Waals surface area (Å²) in [6.07, 6.45) is -0.108. The first-order valence-corrected chi connectivity index (χ1v) is 9.58. The largest absolute Gasteiger partial charge is 0.487 e. The van der Waals surface area contributed by atoms with Gasteiger partial charge in [-0.2, -0.15) is 0 Å². The van der Waals surface area contributed by atoms with Crippen molar-refractivity contribution in [3.8, 4) is 0 Å². The van der Waals surface area contributed by atoms with Gasteiger partial charge in [-0.15, -0.1) is 0 Å². The van der Waals surface area contributed by atoms with Gasteiger partial charge in [-0.25, -0.2) is 0 Å². The van der Waals surface area contributed by atoms with E-state index in [0.717, 1.165) is 42.0 Å². The van der Waals surface area contributed by atoms with E-state index in [2.05, 4.69) is 28.4 Å². The molecule has 0 aliphatic carbocycles. The fourth-order valence-electron chi connectivity index (χ4n) is 4.16. The Labute approximate surface area is 163 Å². The van der Waals surface area contributed by atoms with Crippen molar-refractivity contribution >= 4 is 22.9 Å². The molecule has 3 aliphatic heterocycles. The number of aliphatic hydroxyl groups is 1. The molecule has 1 unspecified atom stereocenters. The minimum absolute atomic E-state index is 0.0506. The molecule has 0 spiro atoms. The van der Waals surface area contributed by atoms with Crippen LogP contribution in [0.25, 0.3) is 11.3 Å². The zero-order chi connectivity index (χ0) is 19.1. The number of carbonyl (C=O) groups excluding carboxylic acids is 1. The third-order valence-electron chi connectivity index (χ3n) is 5.52. The van der Waals surface area contributed by atoms with Gasteiger partial charge in [-0.3, -0.25) is 9.69 Å². The number of ether oxygens (including phenoxy) is 2. The minimum atomic E-state index is -0.114. The van der Waals surface area contributed by atoms with E-state index < -0.39 is 0 Å². The molecule has 144 valence electrons. The number of para-hydroxylation sites is 1.